The maximum atomic E-state index is 13.7. The molecule has 1 fully saturated rings. The second kappa shape index (κ2) is 6.64. The second-order valence-electron chi connectivity index (χ2n) is 6.35. The molecule has 2 heterocycles. The van der Waals surface area contributed by atoms with E-state index in [9.17, 15) is 18.4 Å². The fourth-order valence-corrected chi connectivity index (χ4v) is 3.81. The van der Waals surface area contributed by atoms with E-state index in [4.69, 9.17) is 0 Å². The van der Waals surface area contributed by atoms with Crippen molar-refractivity contribution in [3.05, 3.63) is 40.4 Å². The van der Waals surface area contributed by atoms with Crippen LogP contribution in [0.15, 0.2) is 18.2 Å². The van der Waals surface area contributed by atoms with Crippen molar-refractivity contribution in [1.82, 2.24) is 9.88 Å². The molecule has 1 aliphatic heterocycles. The molecular weight excluding hydrogens is 362 g/mol. The number of urea groups is 1. The number of halogens is 2. The Morgan fingerprint density at radius 3 is 2.62 bits per heavy atom. The highest BCUT2D eigenvalue weighted by Crippen LogP contribution is 2.33. The SMILES string of the molecule is O=C(Nc1nc2c(s1)CN(C(=O)Nc1c(F)cccc1F)CC2)C1CC1. The zero-order valence-corrected chi connectivity index (χ0v) is 14.5. The Morgan fingerprint density at radius 1 is 1.19 bits per heavy atom. The Kier molecular flexibility index (Phi) is 4.31. The van der Waals surface area contributed by atoms with Gasteiger partial charge in [-0.25, -0.2) is 18.6 Å². The van der Waals surface area contributed by atoms with E-state index in [1.807, 2.05) is 0 Å². The molecule has 3 amide bonds. The number of benzene rings is 1. The zero-order chi connectivity index (χ0) is 18.3. The van der Waals surface area contributed by atoms with E-state index in [-0.39, 0.29) is 18.4 Å². The molecule has 0 spiro atoms. The molecule has 1 saturated carbocycles. The van der Waals surface area contributed by atoms with Gasteiger partial charge in [0.05, 0.1) is 12.2 Å². The Balaban J connectivity index is 1.43. The van der Waals surface area contributed by atoms with E-state index in [0.717, 1.165) is 35.5 Å². The van der Waals surface area contributed by atoms with Crippen molar-refractivity contribution >= 4 is 34.1 Å². The average Bonchev–Trinajstić information content (AvgIpc) is 3.38. The lowest BCUT2D eigenvalue weighted by atomic mass is 10.2. The maximum absolute atomic E-state index is 13.7. The van der Waals surface area contributed by atoms with Crippen LogP contribution >= 0.6 is 11.3 Å². The number of aromatic nitrogens is 1. The van der Waals surface area contributed by atoms with E-state index < -0.39 is 23.4 Å². The molecule has 6 nitrogen and oxygen atoms in total. The molecule has 26 heavy (non-hydrogen) atoms. The lowest BCUT2D eigenvalue weighted by Gasteiger charge is -2.26. The number of fused-ring (bicyclic) bond motifs is 1. The molecule has 2 N–H and O–H groups in total. The number of amides is 3. The number of nitrogens with zero attached hydrogens (tertiary/aromatic N) is 2. The molecule has 4 rings (SSSR count). The van der Waals surface area contributed by atoms with Gasteiger partial charge in [-0.15, -0.1) is 0 Å². The van der Waals surface area contributed by atoms with Crippen LogP contribution in [0.4, 0.5) is 24.4 Å². The van der Waals surface area contributed by atoms with Gasteiger partial charge >= 0.3 is 6.03 Å². The smallest absolute Gasteiger partial charge is 0.319 e. The van der Waals surface area contributed by atoms with E-state index in [1.165, 1.54) is 22.3 Å². The molecular formula is C17H16F2N4O2S. The first-order valence-electron chi connectivity index (χ1n) is 8.30. The molecule has 0 radical (unpaired) electrons. The first kappa shape index (κ1) is 16.9. The van der Waals surface area contributed by atoms with Gasteiger partial charge in [0.2, 0.25) is 5.91 Å². The van der Waals surface area contributed by atoms with Crippen molar-refractivity contribution in [2.45, 2.75) is 25.8 Å². The number of rotatable bonds is 3. The van der Waals surface area contributed by atoms with Gasteiger partial charge in [0.1, 0.15) is 17.3 Å². The highest BCUT2D eigenvalue weighted by Gasteiger charge is 2.31. The molecule has 1 aromatic heterocycles. The number of thiazole rings is 1. The molecule has 0 bridgehead atoms. The van der Waals surface area contributed by atoms with E-state index in [0.29, 0.717) is 18.1 Å². The van der Waals surface area contributed by atoms with Crippen LogP contribution in [0.3, 0.4) is 0 Å². The van der Waals surface area contributed by atoms with Crippen molar-refractivity contribution in [3.63, 3.8) is 0 Å². The van der Waals surface area contributed by atoms with Gasteiger partial charge in [0.15, 0.2) is 5.13 Å². The zero-order valence-electron chi connectivity index (χ0n) is 13.7. The Bertz CT molecular complexity index is 861. The van der Waals surface area contributed by atoms with Gasteiger partial charge in [-0.1, -0.05) is 17.4 Å². The fourth-order valence-electron chi connectivity index (χ4n) is 2.78. The third kappa shape index (κ3) is 3.39. The molecule has 0 unspecified atom stereocenters. The van der Waals surface area contributed by atoms with Crippen molar-refractivity contribution in [2.24, 2.45) is 5.92 Å². The van der Waals surface area contributed by atoms with Crippen molar-refractivity contribution in [1.29, 1.82) is 0 Å². The Hall–Kier alpha value is -2.55. The third-order valence-corrected chi connectivity index (χ3v) is 5.39. The number of para-hydroxylation sites is 1. The number of hydrogen-bond acceptors (Lipinski definition) is 4. The number of carbonyl (C=O) groups is 2. The Morgan fingerprint density at radius 2 is 1.92 bits per heavy atom. The first-order chi connectivity index (χ1) is 12.5. The van der Waals surface area contributed by atoms with Crippen molar-refractivity contribution < 1.29 is 18.4 Å². The van der Waals surface area contributed by atoms with Crippen LogP contribution < -0.4 is 10.6 Å². The topological polar surface area (TPSA) is 74.3 Å². The summed E-state index contributed by atoms with van der Waals surface area (Å²) in [5, 5.41) is 5.64. The summed E-state index contributed by atoms with van der Waals surface area (Å²) in [5.41, 5.74) is 0.396. The normalized spacial score (nSPS) is 16.2. The molecule has 0 saturated heterocycles. The second-order valence-corrected chi connectivity index (χ2v) is 7.43. The minimum absolute atomic E-state index is 0.0132. The van der Waals surface area contributed by atoms with Gasteiger partial charge in [-0.2, -0.15) is 0 Å². The van der Waals surface area contributed by atoms with Gasteiger partial charge < -0.3 is 15.5 Å². The van der Waals surface area contributed by atoms with Crippen LogP contribution in [-0.4, -0.2) is 28.4 Å². The number of hydrogen-bond donors (Lipinski definition) is 2. The first-order valence-corrected chi connectivity index (χ1v) is 9.12. The van der Waals surface area contributed by atoms with Crippen molar-refractivity contribution in [2.75, 3.05) is 17.2 Å². The van der Waals surface area contributed by atoms with Gasteiger partial charge in [-0.3, -0.25) is 4.79 Å². The number of nitrogens with one attached hydrogen (secondary N) is 2. The van der Waals surface area contributed by atoms with Gasteiger partial charge in [0.25, 0.3) is 0 Å². The number of carbonyl (C=O) groups excluding carboxylic acids is 2. The lowest BCUT2D eigenvalue weighted by molar-refractivity contribution is -0.117. The molecule has 0 atom stereocenters. The summed E-state index contributed by atoms with van der Waals surface area (Å²) < 4.78 is 27.4. The molecule has 9 heteroatoms. The van der Waals surface area contributed by atoms with Crippen LogP contribution in [0.1, 0.15) is 23.4 Å². The van der Waals surface area contributed by atoms with E-state index in [2.05, 4.69) is 15.6 Å². The Labute approximate surface area is 152 Å². The fraction of sp³-hybridized carbons (Fsp3) is 0.353. The predicted molar refractivity (Wildman–Crippen MR) is 93.0 cm³/mol. The van der Waals surface area contributed by atoms with Crippen LogP contribution in [-0.2, 0) is 17.8 Å². The summed E-state index contributed by atoms with van der Waals surface area (Å²) in [7, 11) is 0. The van der Waals surface area contributed by atoms with Crippen molar-refractivity contribution in [3.8, 4) is 0 Å². The molecule has 2 aliphatic rings. The summed E-state index contributed by atoms with van der Waals surface area (Å²) in [6.07, 6.45) is 2.35. The lowest BCUT2D eigenvalue weighted by Crippen LogP contribution is -2.38. The average molecular weight is 378 g/mol. The molecule has 136 valence electrons. The minimum atomic E-state index is -0.820. The molecule has 1 aliphatic carbocycles. The monoisotopic (exact) mass is 378 g/mol. The van der Waals surface area contributed by atoms with Crippen LogP contribution in [0, 0.1) is 17.6 Å². The van der Waals surface area contributed by atoms with Gasteiger partial charge in [0, 0.05) is 23.8 Å². The summed E-state index contributed by atoms with van der Waals surface area (Å²) in [6.45, 7) is 0.669. The highest BCUT2D eigenvalue weighted by atomic mass is 32.1. The molecule has 2 aromatic rings. The quantitative estimate of drug-likeness (QED) is 0.860. The van der Waals surface area contributed by atoms with Crippen LogP contribution in [0.5, 0.6) is 0 Å². The largest absolute Gasteiger partial charge is 0.322 e. The highest BCUT2D eigenvalue weighted by molar-refractivity contribution is 7.15. The standard InChI is InChI=1S/C17H16F2N4O2S/c18-10-2-1-3-11(19)14(10)21-17(25)23-7-6-12-13(8-23)26-16(20-12)22-15(24)9-4-5-9/h1-3,9H,4-8H2,(H,21,25)(H,20,22,24). The van der Waals surface area contributed by atoms with E-state index in [1.54, 1.807) is 0 Å². The molecule has 1 aromatic carbocycles. The predicted octanol–water partition coefficient (Wildman–Crippen LogP) is 3.36. The minimum Gasteiger partial charge on any atom is -0.319 e. The summed E-state index contributed by atoms with van der Waals surface area (Å²) in [5.74, 6) is -1.56. The third-order valence-electron chi connectivity index (χ3n) is 4.39. The van der Waals surface area contributed by atoms with Crippen LogP contribution in [0.2, 0.25) is 0 Å². The summed E-state index contributed by atoms with van der Waals surface area (Å²) in [4.78, 5) is 31.0. The maximum Gasteiger partial charge on any atom is 0.322 e. The van der Waals surface area contributed by atoms with Crippen LogP contribution in [0.25, 0.3) is 0 Å². The summed E-state index contributed by atoms with van der Waals surface area (Å²) >= 11 is 1.33. The van der Waals surface area contributed by atoms with E-state index >= 15 is 0 Å². The summed E-state index contributed by atoms with van der Waals surface area (Å²) in [6, 6.07) is 2.84. The number of anilines is 2. The van der Waals surface area contributed by atoms with Gasteiger partial charge in [-0.05, 0) is 25.0 Å².